The zero-order valence-electron chi connectivity index (χ0n) is 16.8. The predicted octanol–water partition coefficient (Wildman–Crippen LogP) is 7.64. The molecule has 0 N–H and O–H groups in total. The smallest absolute Gasteiger partial charge is 0.0232 e. The number of hydrogen-bond acceptors (Lipinski definition) is 0. The van der Waals surface area contributed by atoms with E-state index in [1.807, 2.05) is 0 Å². The average Bonchev–Trinajstić information content (AvgIpc) is 3.19. The summed E-state index contributed by atoms with van der Waals surface area (Å²) in [4.78, 5) is 0. The summed E-state index contributed by atoms with van der Waals surface area (Å²) in [6, 6.07) is 0. The van der Waals surface area contributed by atoms with E-state index in [0.717, 1.165) is 35.0 Å². The maximum absolute atomic E-state index is 2.53. The van der Waals surface area contributed by atoms with Crippen LogP contribution in [0.4, 0.5) is 0 Å². The number of hydrogen-bond donors (Lipinski definition) is 0. The van der Waals surface area contributed by atoms with Crippen LogP contribution in [-0.2, 0) is 0 Å². The summed E-state index contributed by atoms with van der Waals surface area (Å²) in [5.74, 6) is 4.98. The Hall–Kier alpha value is -0.260. The van der Waals surface area contributed by atoms with Crippen molar-refractivity contribution in [1.82, 2.24) is 0 Å². The summed E-state index contributed by atoms with van der Waals surface area (Å²) in [5, 5.41) is 0. The summed E-state index contributed by atoms with van der Waals surface area (Å²) in [6.45, 7) is 14.3. The summed E-state index contributed by atoms with van der Waals surface area (Å²) in [5.41, 5.74) is 2.54. The van der Waals surface area contributed by atoms with Crippen LogP contribution in [0, 0.1) is 35.0 Å². The Labute approximate surface area is 146 Å². The molecule has 0 aromatic rings. The van der Waals surface area contributed by atoms with Gasteiger partial charge in [-0.25, -0.2) is 0 Å². The van der Waals surface area contributed by atoms with E-state index in [2.05, 4.69) is 47.6 Å². The van der Waals surface area contributed by atoms with Gasteiger partial charge in [-0.3, -0.25) is 0 Å². The molecule has 2 aliphatic rings. The fraction of sp³-hybridized carbons (Fsp3) is 0.913. The zero-order valence-corrected chi connectivity index (χ0v) is 16.8. The highest BCUT2D eigenvalue weighted by Crippen LogP contribution is 2.76. The molecule has 23 heavy (non-hydrogen) atoms. The molecule has 0 heterocycles. The number of rotatable bonds is 11. The summed E-state index contributed by atoms with van der Waals surface area (Å²) in [6.07, 6.45) is 15.2. The SMILES string of the molecule is CC=C(CCCCC(CC)C(C)C)CCC12CC1C(CC)C2C. The molecule has 2 rings (SSSR count). The largest absolute Gasteiger partial charge is 0.0885 e. The Balaban J connectivity index is 1.64. The van der Waals surface area contributed by atoms with Gasteiger partial charge < -0.3 is 0 Å². The van der Waals surface area contributed by atoms with Gasteiger partial charge in [0.25, 0.3) is 0 Å². The van der Waals surface area contributed by atoms with Crippen molar-refractivity contribution >= 4 is 0 Å². The van der Waals surface area contributed by atoms with Crippen LogP contribution in [0.15, 0.2) is 11.6 Å². The van der Waals surface area contributed by atoms with E-state index in [1.54, 1.807) is 12.0 Å². The minimum Gasteiger partial charge on any atom is -0.0885 e. The summed E-state index contributed by atoms with van der Waals surface area (Å²) >= 11 is 0. The van der Waals surface area contributed by atoms with Gasteiger partial charge in [-0.15, -0.1) is 0 Å². The van der Waals surface area contributed by atoms with Crippen LogP contribution in [0.25, 0.3) is 0 Å². The molecule has 0 aromatic heterocycles. The highest BCUT2D eigenvalue weighted by Gasteiger charge is 2.69. The van der Waals surface area contributed by atoms with Gasteiger partial charge in [-0.2, -0.15) is 0 Å². The minimum atomic E-state index is 0.792. The lowest BCUT2D eigenvalue weighted by molar-refractivity contribution is 0.0630. The Bertz CT molecular complexity index is 391. The van der Waals surface area contributed by atoms with E-state index in [9.17, 15) is 0 Å². The first-order chi connectivity index (χ1) is 11.0. The fourth-order valence-electron chi connectivity index (χ4n) is 5.84. The second-order valence-electron chi connectivity index (χ2n) is 9.01. The van der Waals surface area contributed by atoms with Crippen molar-refractivity contribution in [2.24, 2.45) is 35.0 Å². The highest BCUT2D eigenvalue weighted by atomic mass is 14.7. The van der Waals surface area contributed by atoms with E-state index < -0.39 is 0 Å². The molecule has 5 atom stereocenters. The van der Waals surface area contributed by atoms with Crippen LogP contribution < -0.4 is 0 Å². The molecule has 0 bridgehead atoms. The van der Waals surface area contributed by atoms with Gasteiger partial charge >= 0.3 is 0 Å². The third-order valence-electron chi connectivity index (χ3n) is 7.83. The lowest BCUT2D eigenvalue weighted by Gasteiger charge is -2.42. The average molecular weight is 319 g/mol. The van der Waals surface area contributed by atoms with Gasteiger partial charge in [-0.05, 0) is 74.0 Å². The van der Waals surface area contributed by atoms with Crippen molar-refractivity contribution in [3.8, 4) is 0 Å². The topological polar surface area (TPSA) is 0 Å². The lowest BCUT2D eigenvalue weighted by Crippen LogP contribution is -2.36. The molecule has 0 spiro atoms. The number of unbranched alkanes of at least 4 members (excludes halogenated alkanes) is 1. The van der Waals surface area contributed by atoms with Gasteiger partial charge in [0.15, 0.2) is 0 Å². The molecule has 0 heteroatoms. The first kappa shape index (κ1) is 19.1. The molecular formula is C23H42. The van der Waals surface area contributed by atoms with Gasteiger partial charge in [0.1, 0.15) is 0 Å². The molecule has 2 fully saturated rings. The quantitative estimate of drug-likeness (QED) is 0.271. The molecule has 2 aliphatic carbocycles. The highest BCUT2D eigenvalue weighted by molar-refractivity contribution is 5.19. The Morgan fingerprint density at radius 2 is 1.91 bits per heavy atom. The molecule has 0 radical (unpaired) electrons. The van der Waals surface area contributed by atoms with Crippen LogP contribution in [0.3, 0.4) is 0 Å². The van der Waals surface area contributed by atoms with Crippen molar-refractivity contribution in [3.63, 3.8) is 0 Å². The monoisotopic (exact) mass is 318 g/mol. The van der Waals surface area contributed by atoms with Crippen LogP contribution in [0.2, 0.25) is 0 Å². The summed E-state index contributed by atoms with van der Waals surface area (Å²) < 4.78 is 0. The molecule has 0 amide bonds. The normalized spacial score (nSPS) is 34.2. The third kappa shape index (κ3) is 4.05. The molecule has 134 valence electrons. The second-order valence-corrected chi connectivity index (χ2v) is 9.01. The Morgan fingerprint density at radius 3 is 2.43 bits per heavy atom. The van der Waals surface area contributed by atoms with Gasteiger partial charge in [0, 0.05) is 0 Å². The molecule has 0 aromatic carbocycles. The summed E-state index contributed by atoms with van der Waals surface area (Å²) in [7, 11) is 0. The van der Waals surface area contributed by atoms with E-state index in [4.69, 9.17) is 0 Å². The molecule has 0 saturated heterocycles. The van der Waals surface area contributed by atoms with Gasteiger partial charge in [-0.1, -0.05) is 72.0 Å². The maximum Gasteiger partial charge on any atom is -0.0232 e. The maximum atomic E-state index is 2.53. The standard InChI is InChI=1S/C23H42/c1-7-19(12-10-11-13-20(8-2)17(4)5)14-15-23-16-22(23)21(9-3)18(23)6/h7,17-18,20-22H,8-16H2,1-6H3. The Morgan fingerprint density at radius 1 is 1.17 bits per heavy atom. The Kier molecular flexibility index (Phi) is 6.81. The first-order valence-electron chi connectivity index (χ1n) is 10.6. The second kappa shape index (κ2) is 8.21. The van der Waals surface area contributed by atoms with E-state index in [1.165, 1.54) is 51.4 Å². The van der Waals surface area contributed by atoms with Crippen molar-refractivity contribution in [1.29, 1.82) is 0 Å². The van der Waals surface area contributed by atoms with E-state index in [-0.39, 0.29) is 0 Å². The van der Waals surface area contributed by atoms with E-state index in [0.29, 0.717) is 0 Å². The molecular weight excluding hydrogens is 276 g/mol. The number of fused-ring (bicyclic) bond motifs is 1. The lowest BCUT2D eigenvalue weighted by atomic mass is 9.62. The molecule has 2 saturated carbocycles. The van der Waals surface area contributed by atoms with E-state index >= 15 is 0 Å². The van der Waals surface area contributed by atoms with Crippen LogP contribution in [0.1, 0.15) is 99.3 Å². The number of allylic oxidation sites excluding steroid dienone is 2. The third-order valence-corrected chi connectivity index (χ3v) is 7.83. The van der Waals surface area contributed by atoms with Gasteiger partial charge in [0.05, 0.1) is 0 Å². The van der Waals surface area contributed by atoms with Crippen molar-refractivity contribution in [3.05, 3.63) is 11.6 Å². The van der Waals surface area contributed by atoms with Crippen LogP contribution in [-0.4, -0.2) is 0 Å². The van der Waals surface area contributed by atoms with Crippen molar-refractivity contribution in [2.75, 3.05) is 0 Å². The van der Waals surface area contributed by atoms with Crippen LogP contribution >= 0.6 is 0 Å². The first-order valence-corrected chi connectivity index (χ1v) is 10.6. The molecule has 0 aliphatic heterocycles. The predicted molar refractivity (Wildman–Crippen MR) is 104 cm³/mol. The molecule has 0 nitrogen and oxygen atoms in total. The van der Waals surface area contributed by atoms with Crippen molar-refractivity contribution in [2.45, 2.75) is 99.3 Å². The van der Waals surface area contributed by atoms with Crippen molar-refractivity contribution < 1.29 is 0 Å². The van der Waals surface area contributed by atoms with Gasteiger partial charge in [0.2, 0.25) is 0 Å². The molecule has 5 unspecified atom stereocenters. The minimum absolute atomic E-state index is 0.792. The van der Waals surface area contributed by atoms with Crippen LogP contribution in [0.5, 0.6) is 0 Å². The zero-order chi connectivity index (χ0) is 17.0. The fourth-order valence-corrected chi connectivity index (χ4v) is 5.84.